The lowest BCUT2D eigenvalue weighted by Gasteiger charge is -2.14. The van der Waals surface area contributed by atoms with E-state index in [2.05, 4.69) is 12.2 Å². The van der Waals surface area contributed by atoms with Crippen molar-refractivity contribution in [3.8, 4) is 11.5 Å². The van der Waals surface area contributed by atoms with Crippen LogP contribution in [-0.4, -0.2) is 29.9 Å². The number of nitrogens with one attached hydrogen (secondary N) is 1. The number of thiocarbonyl (C=S) groups is 1. The highest BCUT2D eigenvalue weighted by molar-refractivity contribution is 8.27. The normalized spacial score (nSPS) is 14.3. The second-order valence-electron chi connectivity index (χ2n) is 7.91. The maximum Gasteiger partial charge on any atom is 0.270 e. The molecule has 1 saturated heterocycles. The third-order valence-corrected chi connectivity index (χ3v) is 7.49. The molecule has 3 aromatic carbocycles. The molecule has 1 fully saturated rings. The number of ether oxygens (including phenoxy) is 2. The Balaban J connectivity index is 1.44. The molecule has 37 heavy (non-hydrogen) atoms. The van der Waals surface area contributed by atoms with Gasteiger partial charge in [0.1, 0.15) is 0 Å². The molecule has 1 N–H and O–H groups in total. The van der Waals surface area contributed by atoms with Crippen LogP contribution in [-0.2, 0) is 16.0 Å². The minimum absolute atomic E-state index is 0.183. The molecular weight excluding hydrogens is 551 g/mol. The fourth-order valence-corrected chi connectivity index (χ4v) is 5.13. The van der Waals surface area contributed by atoms with Crippen LogP contribution < -0.4 is 19.7 Å². The monoisotopic (exact) mass is 572 g/mol. The molecule has 0 saturated carbocycles. The fourth-order valence-electron chi connectivity index (χ4n) is 3.53. The van der Waals surface area contributed by atoms with E-state index >= 15 is 0 Å². The number of nitrogens with zero attached hydrogens (tertiary/aromatic N) is 1. The second kappa shape index (κ2) is 12.0. The molecule has 6 nitrogen and oxygen atoms in total. The smallest absolute Gasteiger partial charge is 0.270 e. The van der Waals surface area contributed by atoms with Gasteiger partial charge in [-0.05, 0) is 66.1 Å². The molecule has 1 aliphatic rings. The number of methoxy groups -OCH3 is 1. The predicted molar refractivity (Wildman–Crippen MR) is 155 cm³/mol. The molecule has 0 aliphatic carbocycles. The Labute approximate surface area is 234 Å². The average molecular weight is 574 g/mol. The summed E-state index contributed by atoms with van der Waals surface area (Å²) in [5.41, 5.74) is 3.16. The van der Waals surface area contributed by atoms with E-state index in [-0.39, 0.29) is 18.4 Å². The number of anilines is 2. The number of carbonyl (C=O) groups excluding carboxylic acids is 2. The van der Waals surface area contributed by atoms with E-state index in [9.17, 15) is 9.59 Å². The summed E-state index contributed by atoms with van der Waals surface area (Å²) in [6.07, 6.45) is 2.67. The van der Waals surface area contributed by atoms with Gasteiger partial charge in [-0.2, -0.15) is 0 Å². The first kappa shape index (κ1) is 27.0. The zero-order valence-corrected chi connectivity index (χ0v) is 23.1. The van der Waals surface area contributed by atoms with Crippen LogP contribution in [0, 0.1) is 0 Å². The molecule has 190 valence electrons. The summed E-state index contributed by atoms with van der Waals surface area (Å²) in [5, 5.41) is 3.43. The maximum atomic E-state index is 13.1. The van der Waals surface area contributed by atoms with Gasteiger partial charge in [-0.3, -0.25) is 14.5 Å². The van der Waals surface area contributed by atoms with Crippen molar-refractivity contribution in [2.75, 3.05) is 23.9 Å². The van der Waals surface area contributed by atoms with Crippen LogP contribution in [0.2, 0.25) is 10.0 Å². The fraction of sp³-hybridized carbons (Fsp3) is 0.148. The molecule has 2 amide bonds. The number of thioether (sulfide) groups is 1. The lowest BCUT2D eigenvalue weighted by atomic mass is 10.1. The lowest BCUT2D eigenvalue weighted by Crippen LogP contribution is -2.27. The third-order valence-electron chi connectivity index (χ3n) is 5.44. The number of hydrogen-bond acceptors (Lipinski definition) is 6. The van der Waals surface area contributed by atoms with Crippen molar-refractivity contribution in [2.45, 2.75) is 13.3 Å². The van der Waals surface area contributed by atoms with Gasteiger partial charge in [0.25, 0.3) is 11.8 Å². The third kappa shape index (κ3) is 6.45. The van der Waals surface area contributed by atoms with Gasteiger partial charge in [0.05, 0.1) is 27.7 Å². The van der Waals surface area contributed by atoms with Gasteiger partial charge in [-0.15, -0.1) is 0 Å². The Kier molecular flexibility index (Phi) is 8.76. The van der Waals surface area contributed by atoms with Crippen LogP contribution in [0.4, 0.5) is 11.4 Å². The molecular formula is C27H22Cl2N2O4S2. The van der Waals surface area contributed by atoms with Gasteiger partial charge >= 0.3 is 0 Å². The van der Waals surface area contributed by atoms with Crippen molar-refractivity contribution in [1.82, 2.24) is 0 Å². The minimum atomic E-state index is -0.375. The summed E-state index contributed by atoms with van der Waals surface area (Å²) in [6.45, 7) is 1.83. The number of aryl methyl sites for hydroxylation is 1. The minimum Gasteiger partial charge on any atom is -0.493 e. The summed E-state index contributed by atoms with van der Waals surface area (Å²) >= 11 is 18.6. The molecule has 1 heterocycles. The number of amides is 2. The van der Waals surface area contributed by atoms with Crippen molar-refractivity contribution < 1.29 is 19.1 Å². The van der Waals surface area contributed by atoms with E-state index in [1.54, 1.807) is 42.5 Å². The number of rotatable bonds is 8. The van der Waals surface area contributed by atoms with Crippen molar-refractivity contribution >= 4 is 80.8 Å². The number of benzene rings is 3. The van der Waals surface area contributed by atoms with Gasteiger partial charge in [0.2, 0.25) is 0 Å². The first-order valence-corrected chi connectivity index (χ1v) is 13.2. The van der Waals surface area contributed by atoms with E-state index in [1.165, 1.54) is 29.3 Å². The zero-order valence-electron chi connectivity index (χ0n) is 19.9. The summed E-state index contributed by atoms with van der Waals surface area (Å²) in [4.78, 5) is 27.4. The lowest BCUT2D eigenvalue weighted by molar-refractivity contribution is -0.118. The van der Waals surface area contributed by atoms with E-state index < -0.39 is 0 Å². The molecule has 10 heteroatoms. The number of halogens is 2. The summed E-state index contributed by atoms with van der Waals surface area (Å²) in [6, 6.07) is 17.8. The van der Waals surface area contributed by atoms with Crippen molar-refractivity contribution in [3.63, 3.8) is 0 Å². The van der Waals surface area contributed by atoms with Crippen molar-refractivity contribution in [1.29, 1.82) is 0 Å². The standard InChI is InChI=1S/C27H22Cl2N2O4S2/c1-3-16-4-8-19(9-5-16)31-26(33)24(37-27(31)36)13-17-6-11-22(23(12-17)34-2)35-15-25(32)30-18-7-10-20(28)21(29)14-18/h4-14H,3,15H2,1-2H3,(H,30,32)/b24-13-. The highest BCUT2D eigenvalue weighted by atomic mass is 35.5. The van der Waals surface area contributed by atoms with E-state index in [0.717, 1.165) is 17.7 Å². The molecule has 0 atom stereocenters. The van der Waals surface area contributed by atoms with Crippen molar-refractivity contribution in [2.24, 2.45) is 0 Å². The number of hydrogen-bond donors (Lipinski definition) is 1. The van der Waals surface area contributed by atoms with Gasteiger partial charge in [0.15, 0.2) is 22.4 Å². The van der Waals surface area contributed by atoms with Gasteiger partial charge in [0, 0.05) is 5.69 Å². The van der Waals surface area contributed by atoms with Gasteiger partial charge in [-0.25, -0.2) is 0 Å². The molecule has 0 bridgehead atoms. The molecule has 1 aliphatic heterocycles. The topological polar surface area (TPSA) is 67.9 Å². The van der Waals surface area contributed by atoms with Crippen LogP contribution in [0.15, 0.2) is 65.6 Å². The highest BCUT2D eigenvalue weighted by Gasteiger charge is 2.33. The SMILES string of the molecule is CCc1ccc(N2C(=O)/C(=C/c3ccc(OCC(=O)Nc4ccc(Cl)c(Cl)c4)c(OC)c3)SC2=S)cc1. The first-order chi connectivity index (χ1) is 17.8. The first-order valence-electron chi connectivity index (χ1n) is 11.2. The molecule has 0 aromatic heterocycles. The van der Waals surface area contributed by atoms with Crippen molar-refractivity contribution in [3.05, 3.63) is 86.7 Å². The molecule has 0 unspecified atom stereocenters. The van der Waals surface area contributed by atoms with E-state index in [1.807, 2.05) is 24.3 Å². The average Bonchev–Trinajstić information content (AvgIpc) is 3.17. The molecule has 4 rings (SSSR count). The second-order valence-corrected chi connectivity index (χ2v) is 10.4. The highest BCUT2D eigenvalue weighted by Crippen LogP contribution is 2.37. The Bertz CT molecular complexity index is 1390. The van der Waals surface area contributed by atoms with Crippen LogP contribution in [0.25, 0.3) is 6.08 Å². The molecule has 0 spiro atoms. The predicted octanol–water partition coefficient (Wildman–Crippen LogP) is 6.99. The Hall–Kier alpha value is -3.04. The Morgan fingerprint density at radius 3 is 2.49 bits per heavy atom. The maximum absolute atomic E-state index is 13.1. The van der Waals surface area contributed by atoms with Crippen LogP contribution in [0.3, 0.4) is 0 Å². The molecule has 0 radical (unpaired) electrons. The summed E-state index contributed by atoms with van der Waals surface area (Å²) in [5.74, 6) is 0.242. The summed E-state index contributed by atoms with van der Waals surface area (Å²) in [7, 11) is 1.50. The van der Waals surface area contributed by atoms with Crippen LogP contribution in [0.5, 0.6) is 11.5 Å². The summed E-state index contributed by atoms with van der Waals surface area (Å²) < 4.78 is 11.6. The van der Waals surface area contributed by atoms with Crippen LogP contribution >= 0.6 is 47.2 Å². The van der Waals surface area contributed by atoms with Crippen LogP contribution in [0.1, 0.15) is 18.1 Å². The van der Waals surface area contributed by atoms with Gasteiger partial charge in [-0.1, -0.05) is 72.3 Å². The Morgan fingerprint density at radius 1 is 1.05 bits per heavy atom. The molecule has 3 aromatic rings. The Morgan fingerprint density at radius 2 is 1.81 bits per heavy atom. The van der Waals surface area contributed by atoms with E-state index in [0.29, 0.717) is 36.5 Å². The van der Waals surface area contributed by atoms with E-state index in [4.69, 9.17) is 44.9 Å². The number of carbonyl (C=O) groups is 2. The zero-order chi connectivity index (χ0) is 26.5. The largest absolute Gasteiger partial charge is 0.493 e. The quantitative estimate of drug-likeness (QED) is 0.232. The van der Waals surface area contributed by atoms with Gasteiger partial charge < -0.3 is 14.8 Å².